The first-order chi connectivity index (χ1) is 9.76. The minimum Gasteiger partial charge on any atom is -0.465 e. The van der Waals surface area contributed by atoms with E-state index in [-0.39, 0.29) is 6.09 Å². The maximum atomic E-state index is 12.0. The molecule has 0 aromatic rings. The minimum absolute atomic E-state index is 0.255. The van der Waals surface area contributed by atoms with E-state index in [4.69, 9.17) is 9.84 Å². The SMILES string of the molecule is CC(C)(C)OC(=O)N1CC[C@@H](N2CCN(C(=O)O)CC2)C1. The van der Waals surface area contributed by atoms with Crippen molar-refractivity contribution in [1.82, 2.24) is 14.7 Å². The lowest BCUT2D eigenvalue weighted by Crippen LogP contribution is -2.52. The standard InChI is InChI=1S/C14H25N3O4/c1-14(2,3)21-13(20)17-5-4-11(10-17)15-6-8-16(9-7-15)12(18)19/h11H,4-10H2,1-3H3,(H,18,19)/t11-/m1/s1. The fraction of sp³-hybridized carbons (Fsp3) is 0.857. The fourth-order valence-corrected chi connectivity index (χ4v) is 2.81. The fourth-order valence-electron chi connectivity index (χ4n) is 2.81. The third kappa shape index (κ3) is 4.23. The van der Waals surface area contributed by atoms with E-state index >= 15 is 0 Å². The maximum absolute atomic E-state index is 12.0. The topological polar surface area (TPSA) is 73.3 Å². The number of hydrogen-bond donors (Lipinski definition) is 1. The van der Waals surface area contributed by atoms with Gasteiger partial charge in [-0.2, -0.15) is 0 Å². The molecule has 0 spiro atoms. The Labute approximate surface area is 125 Å². The summed E-state index contributed by atoms with van der Waals surface area (Å²) in [5, 5.41) is 8.95. The smallest absolute Gasteiger partial charge is 0.410 e. The van der Waals surface area contributed by atoms with Gasteiger partial charge in [0.2, 0.25) is 0 Å². The molecule has 2 amide bonds. The van der Waals surface area contributed by atoms with Crippen LogP contribution in [0.1, 0.15) is 27.2 Å². The van der Waals surface area contributed by atoms with Crippen molar-refractivity contribution < 1.29 is 19.4 Å². The van der Waals surface area contributed by atoms with E-state index in [1.165, 1.54) is 4.90 Å². The van der Waals surface area contributed by atoms with Crippen LogP contribution in [0.4, 0.5) is 9.59 Å². The van der Waals surface area contributed by atoms with Gasteiger partial charge < -0.3 is 19.6 Å². The molecule has 0 radical (unpaired) electrons. The van der Waals surface area contributed by atoms with Gasteiger partial charge in [0.1, 0.15) is 5.60 Å². The molecule has 0 aliphatic carbocycles. The first-order valence-electron chi connectivity index (χ1n) is 7.46. The van der Waals surface area contributed by atoms with Gasteiger partial charge in [0.15, 0.2) is 0 Å². The highest BCUT2D eigenvalue weighted by molar-refractivity contribution is 5.68. The van der Waals surface area contributed by atoms with Crippen LogP contribution < -0.4 is 0 Å². The maximum Gasteiger partial charge on any atom is 0.410 e. The first kappa shape index (κ1) is 15.9. The molecule has 2 rings (SSSR count). The van der Waals surface area contributed by atoms with Crippen LogP contribution in [0.25, 0.3) is 0 Å². The molecule has 0 aromatic carbocycles. The third-order valence-corrected chi connectivity index (χ3v) is 3.92. The molecule has 0 saturated carbocycles. The molecule has 1 atom stereocenters. The number of carboxylic acid groups (broad SMARTS) is 1. The van der Waals surface area contributed by atoms with Crippen molar-refractivity contribution >= 4 is 12.2 Å². The number of ether oxygens (including phenoxy) is 1. The van der Waals surface area contributed by atoms with Crippen LogP contribution in [0.2, 0.25) is 0 Å². The number of rotatable bonds is 1. The molecule has 2 aliphatic rings. The summed E-state index contributed by atoms with van der Waals surface area (Å²) in [7, 11) is 0. The summed E-state index contributed by atoms with van der Waals surface area (Å²) in [6.07, 6.45) is -0.183. The Kier molecular flexibility index (Phi) is 4.61. The van der Waals surface area contributed by atoms with Crippen molar-refractivity contribution in [1.29, 1.82) is 0 Å². The lowest BCUT2D eigenvalue weighted by Gasteiger charge is -2.36. The molecule has 7 nitrogen and oxygen atoms in total. The molecule has 0 unspecified atom stereocenters. The number of carbonyl (C=O) groups excluding carboxylic acids is 1. The van der Waals surface area contributed by atoms with Crippen LogP contribution in [-0.2, 0) is 4.74 Å². The molecule has 2 aliphatic heterocycles. The van der Waals surface area contributed by atoms with Crippen molar-refractivity contribution in [3.8, 4) is 0 Å². The molecule has 120 valence electrons. The monoisotopic (exact) mass is 299 g/mol. The van der Waals surface area contributed by atoms with E-state index in [0.29, 0.717) is 32.2 Å². The van der Waals surface area contributed by atoms with Crippen LogP contribution in [0.3, 0.4) is 0 Å². The van der Waals surface area contributed by atoms with E-state index in [0.717, 1.165) is 19.5 Å². The second-order valence-electron chi connectivity index (χ2n) is 6.67. The Morgan fingerprint density at radius 2 is 1.67 bits per heavy atom. The zero-order chi connectivity index (χ0) is 15.6. The van der Waals surface area contributed by atoms with E-state index in [2.05, 4.69) is 4.90 Å². The van der Waals surface area contributed by atoms with Gasteiger partial charge in [-0.1, -0.05) is 0 Å². The Bertz CT molecular complexity index is 400. The largest absolute Gasteiger partial charge is 0.465 e. The number of piperazine rings is 1. The Morgan fingerprint density at radius 3 is 2.19 bits per heavy atom. The molecule has 1 N–H and O–H groups in total. The molecule has 7 heteroatoms. The van der Waals surface area contributed by atoms with Gasteiger partial charge in [0.25, 0.3) is 0 Å². The first-order valence-corrected chi connectivity index (χ1v) is 7.46. The summed E-state index contributed by atoms with van der Waals surface area (Å²) in [5.74, 6) is 0. The van der Waals surface area contributed by atoms with Crippen molar-refractivity contribution in [3.05, 3.63) is 0 Å². The molecular weight excluding hydrogens is 274 g/mol. The lowest BCUT2D eigenvalue weighted by atomic mass is 10.2. The number of likely N-dealkylation sites (tertiary alicyclic amines) is 1. The zero-order valence-electron chi connectivity index (χ0n) is 13.0. The highest BCUT2D eigenvalue weighted by Crippen LogP contribution is 2.20. The Hall–Kier alpha value is -1.50. The van der Waals surface area contributed by atoms with Gasteiger partial charge >= 0.3 is 12.2 Å². The van der Waals surface area contributed by atoms with Crippen LogP contribution >= 0.6 is 0 Å². The van der Waals surface area contributed by atoms with E-state index in [9.17, 15) is 9.59 Å². The number of amides is 2. The normalized spacial score (nSPS) is 24.2. The highest BCUT2D eigenvalue weighted by Gasteiger charge is 2.34. The molecular formula is C14H25N3O4. The van der Waals surface area contributed by atoms with Crippen LogP contribution in [0.15, 0.2) is 0 Å². The molecule has 2 heterocycles. The van der Waals surface area contributed by atoms with Crippen molar-refractivity contribution in [3.63, 3.8) is 0 Å². The van der Waals surface area contributed by atoms with E-state index in [1.54, 1.807) is 4.90 Å². The van der Waals surface area contributed by atoms with Gasteiger partial charge in [-0.3, -0.25) is 4.90 Å². The van der Waals surface area contributed by atoms with Crippen LogP contribution in [0.5, 0.6) is 0 Å². The number of hydrogen-bond acceptors (Lipinski definition) is 4. The molecule has 2 fully saturated rings. The van der Waals surface area contributed by atoms with Gasteiger partial charge in [-0.15, -0.1) is 0 Å². The summed E-state index contributed by atoms with van der Waals surface area (Å²) >= 11 is 0. The summed E-state index contributed by atoms with van der Waals surface area (Å²) in [6, 6.07) is 0.313. The van der Waals surface area contributed by atoms with Gasteiger partial charge in [-0.05, 0) is 27.2 Å². The van der Waals surface area contributed by atoms with Gasteiger partial charge in [0.05, 0.1) is 0 Å². The van der Waals surface area contributed by atoms with Crippen molar-refractivity contribution in [2.45, 2.75) is 38.8 Å². The number of carbonyl (C=O) groups is 2. The van der Waals surface area contributed by atoms with Crippen LogP contribution in [-0.4, -0.2) is 82.9 Å². The summed E-state index contributed by atoms with van der Waals surface area (Å²) in [6.45, 7) is 9.52. The minimum atomic E-state index is -0.851. The Morgan fingerprint density at radius 1 is 1.05 bits per heavy atom. The summed E-state index contributed by atoms with van der Waals surface area (Å²) < 4.78 is 5.39. The lowest BCUT2D eigenvalue weighted by molar-refractivity contribution is 0.0271. The Balaban J connectivity index is 1.80. The quantitative estimate of drug-likeness (QED) is 0.790. The molecule has 0 bridgehead atoms. The third-order valence-electron chi connectivity index (χ3n) is 3.92. The molecule has 0 aromatic heterocycles. The average molecular weight is 299 g/mol. The van der Waals surface area contributed by atoms with Crippen LogP contribution in [0, 0.1) is 0 Å². The summed E-state index contributed by atoms with van der Waals surface area (Å²) in [5.41, 5.74) is -0.470. The zero-order valence-corrected chi connectivity index (χ0v) is 13.0. The van der Waals surface area contributed by atoms with E-state index < -0.39 is 11.7 Å². The van der Waals surface area contributed by atoms with Gasteiger partial charge in [0, 0.05) is 45.3 Å². The van der Waals surface area contributed by atoms with Crippen molar-refractivity contribution in [2.75, 3.05) is 39.3 Å². The molecule has 21 heavy (non-hydrogen) atoms. The average Bonchev–Trinajstić information content (AvgIpc) is 2.86. The van der Waals surface area contributed by atoms with Crippen molar-refractivity contribution in [2.24, 2.45) is 0 Å². The van der Waals surface area contributed by atoms with Gasteiger partial charge in [-0.25, -0.2) is 9.59 Å². The second-order valence-corrected chi connectivity index (χ2v) is 6.67. The second kappa shape index (κ2) is 6.09. The van der Waals surface area contributed by atoms with E-state index in [1.807, 2.05) is 20.8 Å². The summed E-state index contributed by atoms with van der Waals surface area (Å²) in [4.78, 5) is 28.4. The predicted octanol–water partition coefficient (Wildman–Crippen LogP) is 1.29. The number of nitrogens with zero attached hydrogens (tertiary/aromatic N) is 3. The predicted molar refractivity (Wildman–Crippen MR) is 77.4 cm³/mol. The molecule has 2 saturated heterocycles. The highest BCUT2D eigenvalue weighted by atomic mass is 16.6.